The first kappa shape index (κ1) is 18.1. The fraction of sp³-hybridized carbons (Fsp3) is 0.533. The third-order valence-electron chi connectivity index (χ3n) is 3.41. The Balaban J connectivity index is 0.00000220. The normalized spacial score (nSPS) is 19.2. The van der Waals surface area contributed by atoms with Crippen LogP contribution in [0.5, 0.6) is 5.75 Å². The second kappa shape index (κ2) is 9.13. The molecule has 1 aromatic rings. The van der Waals surface area contributed by atoms with Gasteiger partial charge in [-0.1, -0.05) is 30.7 Å². The molecule has 1 unspecified atom stereocenters. The number of nitrogens with one attached hydrogen (secondary N) is 2. The monoisotopic (exact) mass is 332 g/mol. The minimum Gasteiger partial charge on any atom is -0.479 e. The highest BCUT2D eigenvalue weighted by Gasteiger charge is 2.23. The molecule has 2 rings (SSSR count). The third kappa shape index (κ3) is 5.38. The fourth-order valence-electron chi connectivity index (χ4n) is 2.28. The Morgan fingerprint density at radius 2 is 2.29 bits per heavy atom. The summed E-state index contributed by atoms with van der Waals surface area (Å²) in [6.07, 6.45) is 2.21. The standard InChI is InChI=1S/C15H21ClN2O2.ClH/c1-2-13(20-14-8-4-3-7-12(14)16)15(19)18-11-6-5-9-17-10-11;/h3-4,7-8,11,13,17H,2,5-6,9-10H2,1H3,(H,18,19);1H/t11-,13?;/m0./s1. The molecule has 2 atom stereocenters. The van der Waals surface area contributed by atoms with Crippen molar-refractivity contribution in [2.24, 2.45) is 0 Å². The Bertz CT molecular complexity index is 451. The molecule has 1 fully saturated rings. The lowest BCUT2D eigenvalue weighted by Gasteiger charge is -2.26. The van der Waals surface area contributed by atoms with Gasteiger partial charge in [-0.25, -0.2) is 0 Å². The van der Waals surface area contributed by atoms with E-state index in [0.29, 0.717) is 17.2 Å². The molecular formula is C15H22Cl2N2O2. The van der Waals surface area contributed by atoms with Crippen LogP contribution in [0, 0.1) is 0 Å². The number of carbonyl (C=O) groups is 1. The molecule has 0 spiro atoms. The molecule has 1 aliphatic rings. The Hall–Kier alpha value is -0.970. The third-order valence-corrected chi connectivity index (χ3v) is 3.72. The van der Waals surface area contributed by atoms with Crippen LogP contribution < -0.4 is 15.4 Å². The topological polar surface area (TPSA) is 50.4 Å². The van der Waals surface area contributed by atoms with E-state index in [0.717, 1.165) is 25.9 Å². The van der Waals surface area contributed by atoms with Gasteiger partial charge in [-0.05, 0) is 37.9 Å². The summed E-state index contributed by atoms with van der Waals surface area (Å²) in [7, 11) is 0. The van der Waals surface area contributed by atoms with E-state index in [2.05, 4.69) is 10.6 Å². The van der Waals surface area contributed by atoms with Crippen molar-refractivity contribution < 1.29 is 9.53 Å². The van der Waals surface area contributed by atoms with Gasteiger partial charge in [0.1, 0.15) is 5.75 Å². The van der Waals surface area contributed by atoms with E-state index in [1.54, 1.807) is 12.1 Å². The van der Waals surface area contributed by atoms with Gasteiger partial charge in [0, 0.05) is 12.6 Å². The van der Waals surface area contributed by atoms with Crippen molar-refractivity contribution in [2.45, 2.75) is 38.3 Å². The maximum atomic E-state index is 12.3. The van der Waals surface area contributed by atoms with Crippen LogP contribution in [-0.2, 0) is 4.79 Å². The Labute approximate surface area is 137 Å². The molecule has 4 nitrogen and oxygen atoms in total. The zero-order valence-electron chi connectivity index (χ0n) is 12.1. The highest BCUT2D eigenvalue weighted by molar-refractivity contribution is 6.32. The van der Waals surface area contributed by atoms with Crippen molar-refractivity contribution in [1.29, 1.82) is 0 Å². The number of halogens is 2. The predicted octanol–water partition coefficient (Wildman–Crippen LogP) is 2.79. The van der Waals surface area contributed by atoms with E-state index in [1.165, 1.54) is 0 Å². The average Bonchev–Trinajstić information content (AvgIpc) is 2.47. The SMILES string of the molecule is CCC(Oc1ccccc1Cl)C(=O)N[C@H]1CCCNC1.Cl. The molecule has 0 bridgehead atoms. The smallest absolute Gasteiger partial charge is 0.261 e. The first-order chi connectivity index (χ1) is 9.70. The highest BCUT2D eigenvalue weighted by atomic mass is 35.5. The van der Waals surface area contributed by atoms with Crippen LogP contribution in [0.2, 0.25) is 5.02 Å². The maximum Gasteiger partial charge on any atom is 0.261 e. The van der Waals surface area contributed by atoms with Crippen molar-refractivity contribution >= 4 is 29.9 Å². The van der Waals surface area contributed by atoms with E-state index >= 15 is 0 Å². The minimum atomic E-state index is -0.503. The molecule has 1 aromatic carbocycles. The number of carbonyl (C=O) groups excluding carboxylic acids is 1. The summed E-state index contributed by atoms with van der Waals surface area (Å²) in [4.78, 5) is 12.3. The fourth-order valence-corrected chi connectivity index (χ4v) is 2.47. The quantitative estimate of drug-likeness (QED) is 0.871. The Morgan fingerprint density at radius 1 is 1.52 bits per heavy atom. The number of amides is 1. The second-order valence-corrected chi connectivity index (χ2v) is 5.40. The van der Waals surface area contributed by atoms with Gasteiger partial charge >= 0.3 is 0 Å². The number of hydrogen-bond acceptors (Lipinski definition) is 3. The molecular weight excluding hydrogens is 311 g/mol. The van der Waals surface area contributed by atoms with E-state index in [4.69, 9.17) is 16.3 Å². The van der Waals surface area contributed by atoms with Crippen LogP contribution in [-0.4, -0.2) is 31.1 Å². The van der Waals surface area contributed by atoms with E-state index in [9.17, 15) is 4.79 Å². The van der Waals surface area contributed by atoms with Crippen LogP contribution in [0.4, 0.5) is 0 Å². The van der Waals surface area contributed by atoms with Gasteiger partial charge < -0.3 is 15.4 Å². The van der Waals surface area contributed by atoms with Gasteiger partial charge in [-0.15, -0.1) is 12.4 Å². The van der Waals surface area contributed by atoms with Crippen LogP contribution in [0.25, 0.3) is 0 Å². The molecule has 0 saturated carbocycles. The van der Waals surface area contributed by atoms with Gasteiger partial charge in [-0.3, -0.25) is 4.79 Å². The number of benzene rings is 1. The molecule has 21 heavy (non-hydrogen) atoms. The maximum absolute atomic E-state index is 12.3. The summed E-state index contributed by atoms with van der Waals surface area (Å²) in [6, 6.07) is 7.41. The van der Waals surface area contributed by atoms with Crippen molar-refractivity contribution in [3.8, 4) is 5.75 Å². The number of para-hydroxylation sites is 1. The van der Waals surface area contributed by atoms with E-state index < -0.39 is 6.10 Å². The summed E-state index contributed by atoms with van der Waals surface area (Å²) < 4.78 is 5.73. The van der Waals surface area contributed by atoms with Crippen molar-refractivity contribution in [3.63, 3.8) is 0 Å². The van der Waals surface area contributed by atoms with Gasteiger partial charge in [0.05, 0.1) is 5.02 Å². The molecule has 0 aliphatic carbocycles. The molecule has 1 heterocycles. The zero-order valence-corrected chi connectivity index (χ0v) is 13.7. The van der Waals surface area contributed by atoms with Crippen LogP contribution >= 0.6 is 24.0 Å². The van der Waals surface area contributed by atoms with E-state index in [-0.39, 0.29) is 24.4 Å². The minimum absolute atomic E-state index is 0. The molecule has 2 N–H and O–H groups in total. The average molecular weight is 333 g/mol. The lowest BCUT2D eigenvalue weighted by atomic mass is 10.1. The van der Waals surface area contributed by atoms with Crippen LogP contribution in [0.3, 0.4) is 0 Å². The Morgan fingerprint density at radius 3 is 2.90 bits per heavy atom. The Kier molecular flexibility index (Phi) is 7.86. The van der Waals surface area contributed by atoms with Crippen molar-refractivity contribution in [2.75, 3.05) is 13.1 Å². The number of piperidine rings is 1. The van der Waals surface area contributed by atoms with Gasteiger partial charge in [0.2, 0.25) is 0 Å². The second-order valence-electron chi connectivity index (χ2n) is 5.00. The summed E-state index contributed by atoms with van der Waals surface area (Å²) in [5.41, 5.74) is 0. The summed E-state index contributed by atoms with van der Waals surface area (Å²) in [5.74, 6) is 0.485. The van der Waals surface area contributed by atoms with Gasteiger partial charge in [0.25, 0.3) is 5.91 Å². The summed E-state index contributed by atoms with van der Waals surface area (Å²) in [5, 5.41) is 6.85. The van der Waals surface area contributed by atoms with Crippen molar-refractivity contribution in [1.82, 2.24) is 10.6 Å². The first-order valence-corrected chi connectivity index (χ1v) is 7.50. The molecule has 0 radical (unpaired) electrons. The largest absolute Gasteiger partial charge is 0.479 e. The number of hydrogen-bond donors (Lipinski definition) is 2. The van der Waals surface area contributed by atoms with Crippen LogP contribution in [0.1, 0.15) is 26.2 Å². The zero-order chi connectivity index (χ0) is 14.4. The lowest BCUT2D eigenvalue weighted by molar-refractivity contribution is -0.129. The molecule has 0 aromatic heterocycles. The molecule has 1 amide bonds. The lowest BCUT2D eigenvalue weighted by Crippen LogP contribution is -2.49. The first-order valence-electron chi connectivity index (χ1n) is 7.13. The predicted molar refractivity (Wildman–Crippen MR) is 87.4 cm³/mol. The van der Waals surface area contributed by atoms with E-state index in [1.807, 2.05) is 19.1 Å². The molecule has 6 heteroatoms. The summed E-state index contributed by atoms with van der Waals surface area (Å²) >= 11 is 6.06. The van der Waals surface area contributed by atoms with Gasteiger partial charge in [0.15, 0.2) is 6.10 Å². The van der Waals surface area contributed by atoms with Crippen LogP contribution in [0.15, 0.2) is 24.3 Å². The summed E-state index contributed by atoms with van der Waals surface area (Å²) in [6.45, 7) is 3.79. The molecule has 118 valence electrons. The number of ether oxygens (including phenoxy) is 1. The molecule has 1 saturated heterocycles. The molecule has 1 aliphatic heterocycles. The number of rotatable bonds is 5. The van der Waals surface area contributed by atoms with Gasteiger partial charge in [-0.2, -0.15) is 0 Å². The van der Waals surface area contributed by atoms with Crippen molar-refractivity contribution in [3.05, 3.63) is 29.3 Å². The highest BCUT2D eigenvalue weighted by Crippen LogP contribution is 2.24.